The number of esters is 1. The molecule has 1 unspecified atom stereocenters. The van der Waals surface area contributed by atoms with E-state index in [9.17, 15) is 33.4 Å². The van der Waals surface area contributed by atoms with E-state index in [2.05, 4.69) is 11.6 Å². The normalized spacial score (nSPS) is 18.2. The van der Waals surface area contributed by atoms with Gasteiger partial charge in [-0.15, -0.1) is 0 Å². The van der Waals surface area contributed by atoms with E-state index in [4.69, 9.17) is 4.74 Å². The molecular formula is C22H19N3O8S. The lowest BCUT2D eigenvalue weighted by Gasteiger charge is -2.23. The number of nitrogens with zero attached hydrogens (tertiary/aromatic N) is 2. The fourth-order valence-corrected chi connectivity index (χ4v) is 6.50. The molecule has 0 saturated heterocycles. The molecule has 0 amide bonds. The summed E-state index contributed by atoms with van der Waals surface area (Å²) in [6.07, 6.45) is -0.203. The lowest BCUT2D eigenvalue weighted by Crippen LogP contribution is -2.36. The number of non-ortho nitro benzene ring substituents is 1. The van der Waals surface area contributed by atoms with E-state index in [1.807, 2.05) is 24.3 Å². The molecule has 0 bridgehead atoms. The Balaban J connectivity index is 1.89. The van der Waals surface area contributed by atoms with E-state index in [0.29, 0.717) is 22.9 Å². The van der Waals surface area contributed by atoms with Crippen LogP contribution in [0.5, 0.6) is 0 Å². The number of carbonyl (C=O) groups excluding carboxylic acids is 1. The van der Waals surface area contributed by atoms with Crippen LogP contribution >= 0.6 is 0 Å². The van der Waals surface area contributed by atoms with Gasteiger partial charge in [0.15, 0.2) is 9.84 Å². The van der Waals surface area contributed by atoms with Crippen LogP contribution in [-0.2, 0) is 25.8 Å². The van der Waals surface area contributed by atoms with Gasteiger partial charge in [0, 0.05) is 22.7 Å². The second-order valence-corrected chi connectivity index (χ2v) is 10.1. The summed E-state index contributed by atoms with van der Waals surface area (Å²) in [4.78, 5) is 36.1. The third-order valence-corrected chi connectivity index (χ3v) is 8.30. The van der Waals surface area contributed by atoms with Crippen LogP contribution in [0.15, 0.2) is 53.9 Å². The van der Waals surface area contributed by atoms with E-state index < -0.39 is 53.1 Å². The maximum atomic E-state index is 13.7. The minimum atomic E-state index is -4.53. The molecule has 2 atom stereocenters. The fourth-order valence-electron chi connectivity index (χ4n) is 4.43. The van der Waals surface area contributed by atoms with Crippen molar-refractivity contribution < 1.29 is 27.8 Å². The number of nitrogens with one attached hydrogen (secondary N) is 1. The molecule has 3 aromatic rings. The Morgan fingerprint density at radius 1 is 1.12 bits per heavy atom. The van der Waals surface area contributed by atoms with Gasteiger partial charge in [-0.25, -0.2) is 8.42 Å². The molecule has 0 saturated carbocycles. The van der Waals surface area contributed by atoms with Gasteiger partial charge in [0.25, 0.3) is 11.4 Å². The van der Waals surface area contributed by atoms with Gasteiger partial charge in [-0.3, -0.25) is 25.0 Å². The number of H-pyrrole nitrogens is 1. The molecule has 0 radical (unpaired) electrons. The lowest BCUT2D eigenvalue weighted by molar-refractivity contribution is -0.396. The van der Waals surface area contributed by atoms with Crippen LogP contribution in [0, 0.1) is 26.1 Å². The number of nitro groups is 2. The van der Waals surface area contributed by atoms with Gasteiger partial charge in [-0.05, 0) is 36.1 Å². The topological polar surface area (TPSA) is 163 Å². The maximum Gasteiger partial charge on any atom is 0.310 e. The van der Waals surface area contributed by atoms with Crippen molar-refractivity contribution in [2.75, 3.05) is 7.11 Å². The predicted octanol–water partition coefficient (Wildman–Crippen LogP) is 3.58. The van der Waals surface area contributed by atoms with Crippen molar-refractivity contribution in [2.24, 2.45) is 5.92 Å². The average molecular weight is 485 g/mol. The van der Waals surface area contributed by atoms with E-state index in [-0.39, 0.29) is 12.8 Å². The summed E-state index contributed by atoms with van der Waals surface area (Å²) < 4.78 is 32.4. The van der Waals surface area contributed by atoms with Crippen molar-refractivity contribution in [3.63, 3.8) is 0 Å². The van der Waals surface area contributed by atoms with Crippen LogP contribution in [0.1, 0.15) is 17.7 Å². The Hall–Kier alpha value is -4.06. The summed E-state index contributed by atoms with van der Waals surface area (Å²) >= 11 is 0. The molecule has 2 aromatic carbocycles. The van der Waals surface area contributed by atoms with Crippen LogP contribution in [0.2, 0.25) is 0 Å². The first kappa shape index (κ1) is 23.1. The molecule has 0 fully saturated rings. The highest BCUT2D eigenvalue weighted by molar-refractivity contribution is 7.92. The summed E-state index contributed by atoms with van der Waals surface area (Å²) in [5.74, 6) is -1.98. The predicted molar refractivity (Wildman–Crippen MR) is 122 cm³/mol. The number of hydrogen-bond donors (Lipinski definition) is 1. The number of carbonyl (C=O) groups is 1. The lowest BCUT2D eigenvalue weighted by atomic mass is 9.96. The van der Waals surface area contributed by atoms with E-state index >= 15 is 0 Å². The van der Waals surface area contributed by atoms with Gasteiger partial charge in [0.1, 0.15) is 4.90 Å². The average Bonchev–Trinajstić information content (AvgIpc) is 3.11. The molecule has 1 aromatic heterocycles. The maximum absolute atomic E-state index is 13.7. The van der Waals surface area contributed by atoms with Crippen LogP contribution in [0.25, 0.3) is 16.5 Å². The second-order valence-electron chi connectivity index (χ2n) is 7.92. The molecule has 4 rings (SSSR count). The highest BCUT2D eigenvalue weighted by atomic mass is 32.2. The smallest absolute Gasteiger partial charge is 0.310 e. The molecule has 1 aliphatic carbocycles. The Bertz CT molecular complexity index is 1470. The highest BCUT2D eigenvalue weighted by Gasteiger charge is 2.45. The minimum absolute atomic E-state index is 0.00425. The molecular weight excluding hydrogens is 466 g/mol. The van der Waals surface area contributed by atoms with E-state index in [1.54, 1.807) is 0 Å². The number of para-hydroxylation sites is 1. The van der Waals surface area contributed by atoms with Crippen molar-refractivity contribution in [1.82, 2.24) is 4.98 Å². The number of aromatic amines is 1. The van der Waals surface area contributed by atoms with Crippen LogP contribution in [0.4, 0.5) is 11.4 Å². The molecule has 0 spiro atoms. The number of nitro benzene ring substituents is 2. The Morgan fingerprint density at radius 3 is 2.47 bits per heavy atom. The van der Waals surface area contributed by atoms with E-state index in [1.165, 1.54) is 0 Å². The zero-order chi connectivity index (χ0) is 24.8. The second kappa shape index (κ2) is 8.37. The number of fused-ring (bicyclic) bond motifs is 3. The van der Waals surface area contributed by atoms with Crippen LogP contribution < -0.4 is 0 Å². The third kappa shape index (κ3) is 3.71. The van der Waals surface area contributed by atoms with Gasteiger partial charge in [-0.2, -0.15) is 0 Å². The summed E-state index contributed by atoms with van der Waals surface area (Å²) in [5.41, 5.74) is 0.955. The number of sulfone groups is 1. The van der Waals surface area contributed by atoms with Crippen molar-refractivity contribution in [3.05, 3.63) is 80.5 Å². The molecule has 1 N–H and O–H groups in total. The number of methoxy groups -OCH3 is 1. The number of ether oxygens (including phenoxy) is 1. The first-order valence-corrected chi connectivity index (χ1v) is 11.6. The largest absolute Gasteiger partial charge is 0.469 e. The summed E-state index contributed by atoms with van der Waals surface area (Å²) in [7, 11) is -3.39. The van der Waals surface area contributed by atoms with E-state index in [0.717, 1.165) is 30.1 Å². The van der Waals surface area contributed by atoms with Gasteiger partial charge >= 0.3 is 5.97 Å². The van der Waals surface area contributed by atoms with Gasteiger partial charge < -0.3 is 9.72 Å². The standard InChI is InChI=1S/C22H19N3O8S/c1-12-9-20(34(31,32)19-8-7-13(24(27)28)10-18(19)25(29)30)16(22(26)33-2)11-15-14-5-3-4-6-17(14)23-21(12)15/h3-8,10,16,20,23H,1,9,11H2,2H3/t16-,20?/m1/s1. The minimum Gasteiger partial charge on any atom is -0.469 e. The van der Waals surface area contributed by atoms with Gasteiger partial charge in [0.05, 0.1) is 34.2 Å². The zero-order valence-corrected chi connectivity index (χ0v) is 18.7. The fraction of sp³-hybridized carbons (Fsp3) is 0.227. The third-order valence-electron chi connectivity index (χ3n) is 6.05. The number of aromatic nitrogens is 1. The summed E-state index contributed by atoms with van der Waals surface area (Å²) in [5, 5.41) is 22.0. The van der Waals surface area contributed by atoms with Gasteiger partial charge in [0.2, 0.25) is 0 Å². The van der Waals surface area contributed by atoms with Crippen molar-refractivity contribution >= 4 is 43.7 Å². The number of hydrogen-bond acceptors (Lipinski definition) is 8. The molecule has 34 heavy (non-hydrogen) atoms. The number of benzene rings is 2. The Morgan fingerprint density at radius 2 is 1.82 bits per heavy atom. The molecule has 12 heteroatoms. The summed E-state index contributed by atoms with van der Waals surface area (Å²) in [6, 6.07) is 9.64. The Kier molecular flexibility index (Phi) is 5.69. The first-order valence-electron chi connectivity index (χ1n) is 10.1. The SMILES string of the molecule is C=C1CC(S(=O)(=O)c2ccc([N+](=O)[O-])cc2[N+](=O)[O-])[C@H](C(=O)OC)Cc2c1[nH]c1ccccc21. The zero-order valence-electron chi connectivity index (χ0n) is 17.9. The summed E-state index contributed by atoms with van der Waals surface area (Å²) in [6.45, 7) is 4.01. The molecule has 1 heterocycles. The van der Waals surface area contributed by atoms with Crippen molar-refractivity contribution in [1.29, 1.82) is 0 Å². The molecule has 1 aliphatic rings. The highest BCUT2D eigenvalue weighted by Crippen LogP contribution is 2.42. The Labute approximate surface area is 193 Å². The van der Waals surface area contributed by atoms with Gasteiger partial charge in [-0.1, -0.05) is 24.8 Å². The number of rotatable bonds is 5. The monoisotopic (exact) mass is 485 g/mol. The first-order chi connectivity index (χ1) is 16.1. The number of allylic oxidation sites excluding steroid dienone is 1. The van der Waals surface area contributed by atoms with Crippen molar-refractivity contribution in [2.45, 2.75) is 23.0 Å². The molecule has 11 nitrogen and oxygen atoms in total. The van der Waals surface area contributed by atoms with Crippen molar-refractivity contribution in [3.8, 4) is 0 Å². The van der Waals surface area contributed by atoms with Crippen LogP contribution in [-0.4, -0.2) is 41.6 Å². The van der Waals surface area contributed by atoms with Crippen LogP contribution in [0.3, 0.4) is 0 Å². The molecule has 0 aliphatic heterocycles. The quantitative estimate of drug-likeness (QED) is 0.248. The molecule has 176 valence electrons.